The number of ketones is 1. The molecule has 0 saturated heterocycles. The predicted molar refractivity (Wildman–Crippen MR) is 135 cm³/mol. The SMILES string of the molecule is CCOC(=O)c1ccc(NC(=O)COc2ccc([C@H]3NC(=S)NC(C)=C3C(C)=O)cc2OC)cc1. The van der Waals surface area contributed by atoms with Crippen LogP contribution in [0.2, 0.25) is 0 Å². The molecule has 1 atom stereocenters. The Bertz CT molecular complexity index is 1180. The number of nitrogens with one attached hydrogen (secondary N) is 3. The van der Waals surface area contributed by atoms with E-state index in [2.05, 4.69) is 16.0 Å². The molecule has 184 valence electrons. The highest BCUT2D eigenvalue weighted by Gasteiger charge is 2.28. The Morgan fingerprint density at radius 1 is 1.09 bits per heavy atom. The first kappa shape index (κ1) is 25.7. The molecule has 0 saturated carbocycles. The average molecular weight is 498 g/mol. The van der Waals surface area contributed by atoms with E-state index < -0.39 is 12.0 Å². The molecule has 3 N–H and O–H groups in total. The first-order chi connectivity index (χ1) is 16.7. The largest absolute Gasteiger partial charge is 0.493 e. The number of thiocarbonyl (C=S) groups is 1. The third-order valence-corrected chi connectivity index (χ3v) is 5.43. The average Bonchev–Trinajstić information content (AvgIpc) is 2.82. The van der Waals surface area contributed by atoms with Gasteiger partial charge in [0.1, 0.15) is 0 Å². The van der Waals surface area contributed by atoms with Gasteiger partial charge in [-0.05, 0) is 75.0 Å². The molecule has 1 amide bonds. The summed E-state index contributed by atoms with van der Waals surface area (Å²) >= 11 is 5.25. The molecule has 0 fully saturated rings. The normalized spacial score (nSPS) is 15.0. The molecule has 2 aromatic carbocycles. The number of esters is 1. The second-order valence-electron chi connectivity index (χ2n) is 7.67. The fraction of sp³-hybridized carbons (Fsp3) is 0.280. The number of hydrogen-bond acceptors (Lipinski definition) is 7. The molecule has 1 aliphatic rings. The molecule has 2 aromatic rings. The molecule has 9 nitrogen and oxygen atoms in total. The van der Waals surface area contributed by atoms with Gasteiger partial charge in [-0.1, -0.05) is 6.07 Å². The molecule has 0 aliphatic carbocycles. The van der Waals surface area contributed by atoms with Crippen LogP contribution in [0.5, 0.6) is 11.5 Å². The number of rotatable bonds is 9. The van der Waals surface area contributed by atoms with Crippen LogP contribution in [0.3, 0.4) is 0 Å². The minimum atomic E-state index is -0.440. The van der Waals surface area contributed by atoms with E-state index in [9.17, 15) is 14.4 Å². The molecule has 35 heavy (non-hydrogen) atoms. The van der Waals surface area contributed by atoms with Crippen LogP contribution in [0.25, 0.3) is 0 Å². The Morgan fingerprint density at radius 3 is 2.43 bits per heavy atom. The second kappa shape index (κ2) is 11.5. The van der Waals surface area contributed by atoms with Crippen molar-refractivity contribution < 1.29 is 28.6 Å². The van der Waals surface area contributed by atoms with Gasteiger partial charge in [-0.3, -0.25) is 9.59 Å². The van der Waals surface area contributed by atoms with Gasteiger partial charge in [-0.25, -0.2) is 4.79 Å². The van der Waals surface area contributed by atoms with Gasteiger partial charge in [0, 0.05) is 17.0 Å². The minimum absolute atomic E-state index is 0.0822. The van der Waals surface area contributed by atoms with E-state index in [4.69, 9.17) is 26.4 Å². The quantitative estimate of drug-likeness (QED) is 0.355. The number of benzene rings is 2. The molecule has 1 aliphatic heterocycles. The van der Waals surface area contributed by atoms with E-state index in [0.29, 0.717) is 39.1 Å². The molecule has 0 spiro atoms. The Morgan fingerprint density at radius 2 is 1.80 bits per heavy atom. The van der Waals surface area contributed by atoms with Gasteiger partial charge in [0.25, 0.3) is 5.91 Å². The molecule has 10 heteroatoms. The Kier molecular flexibility index (Phi) is 8.43. The molecule has 1 heterocycles. The monoisotopic (exact) mass is 497 g/mol. The van der Waals surface area contributed by atoms with E-state index >= 15 is 0 Å². The number of carbonyl (C=O) groups is 3. The van der Waals surface area contributed by atoms with Gasteiger partial charge < -0.3 is 30.2 Å². The van der Waals surface area contributed by atoms with Crippen LogP contribution < -0.4 is 25.4 Å². The van der Waals surface area contributed by atoms with Crippen molar-refractivity contribution in [1.29, 1.82) is 0 Å². The Hall–Kier alpha value is -3.92. The molecule has 3 rings (SSSR count). The first-order valence-electron chi connectivity index (χ1n) is 10.9. The lowest BCUT2D eigenvalue weighted by Crippen LogP contribution is -2.44. The van der Waals surface area contributed by atoms with Gasteiger partial charge in [-0.2, -0.15) is 0 Å². The van der Waals surface area contributed by atoms with Crippen molar-refractivity contribution in [2.45, 2.75) is 26.8 Å². The lowest BCUT2D eigenvalue weighted by Gasteiger charge is -2.30. The van der Waals surface area contributed by atoms with Crippen molar-refractivity contribution in [2.75, 3.05) is 25.6 Å². The number of anilines is 1. The Balaban J connectivity index is 1.67. The van der Waals surface area contributed by atoms with E-state index in [1.165, 1.54) is 14.0 Å². The molecule has 0 bridgehead atoms. The summed E-state index contributed by atoms with van der Waals surface area (Å²) in [4.78, 5) is 36.3. The second-order valence-corrected chi connectivity index (χ2v) is 8.08. The number of hydrogen-bond donors (Lipinski definition) is 3. The van der Waals surface area contributed by atoms with Crippen LogP contribution in [0.1, 0.15) is 42.7 Å². The van der Waals surface area contributed by atoms with Gasteiger partial charge in [0.15, 0.2) is 29.0 Å². The highest BCUT2D eigenvalue weighted by Crippen LogP contribution is 2.34. The summed E-state index contributed by atoms with van der Waals surface area (Å²) in [6.07, 6.45) is 0. The maximum absolute atomic E-state index is 12.4. The fourth-order valence-electron chi connectivity index (χ4n) is 3.64. The van der Waals surface area contributed by atoms with E-state index in [1.54, 1.807) is 56.3 Å². The van der Waals surface area contributed by atoms with Crippen molar-refractivity contribution in [1.82, 2.24) is 10.6 Å². The Labute approximate surface area is 208 Å². The van der Waals surface area contributed by atoms with Crippen LogP contribution in [-0.4, -0.2) is 43.1 Å². The predicted octanol–water partition coefficient (Wildman–Crippen LogP) is 3.27. The van der Waals surface area contributed by atoms with Crippen LogP contribution in [0.4, 0.5) is 5.69 Å². The van der Waals surface area contributed by atoms with Crippen molar-refractivity contribution in [3.05, 3.63) is 64.9 Å². The van der Waals surface area contributed by atoms with Crippen LogP contribution in [0.15, 0.2) is 53.7 Å². The number of Topliss-reactive ketones (excluding diaryl/α,β-unsaturated/α-hetero) is 1. The van der Waals surface area contributed by atoms with E-state index in [1.807, 2.05) is 0 Å². The van der Waals surface area contributed by atoms with Crippen molar-refractivity contribution in [3.63, 3.8) is 0 Å². The van der Waals surface area contributed by atoms with Crippen LogP contribution >= 0.6 is 12.2 Å². The highest BCUT2D eigenvalue weighted by atomic mass is 32.1. The van der Waals surface area contributed by atoms with Crippen molar-refractivity contribution >= 4 is 40.7 Å². The summed E-state index contributed by atoms with van der Waals surface area (Å²) in [5, 5.41) is 9.21. The smallest absolute Gasteiger partial charge is 0.338 e. The van der Waals surface area contributed by atoms with E-state index in [0.717, 1.165) is 5.56 Å². The maximum atomic E-state index is 12.4. The summed E-state index contributed by atoms with van der Waals surface area (Å²) < 4.78 is 16.1. The van der Waals surface area contributed by atoms with Gasteiger partial charge >= 0.3 is 5.97 Å². The summed E-state index contributed by atoms with van der Waals surface area (Å²) in [5.41, 5.74) is 2.93. The first-order valence-corrected chi connectivity index (χ1v) is 11.3. The van der Waals surface area contributed by atoms with Gasteiger partial charge in [0.05, 0.1) is 25.3 Å². The zero-order valence-electron chi connectivity index (χ0n) is 19.9. The summed E-state index contributed by atoms with van der Waals surface area (Å²) in [6.45, 7) is 5.06. The third kappa shape index (κ3) is 6.36. The topological polar surface area (TPSA) is 115 Å². The van der Waals surface area contributed by atoms with Crippen molar-refractivity contribution in [2.24, 2.45) is 0 Å². The van der Waals surface area contributed by atoms with Gasteiger partial charge in [-0.15, -0.1) is 0 Å². The molecule has 0 aromatic heterocycles. The lowest BCUT2D eigenvalue weighted by molar-refractivity contribution is -0.118. The standard InChI is InChI=1S/C25H27N3O6S/c1-5-33-24(31)16-6-9-18(10-7-16)27-21(30)13-34-19-11-8-17(12-20(19)32-4)23-22(15(3)29)14(2)26-25(35)28-23/h6-12,23H,5,13H2,1-4H3,(H,27,30)(H2,26,28,35)/t23-/m1/s1. The minimum Gasteiger partial charge on any atom is -0.493 e. The summed E-state index contributed by atoms with van der Waals surface area (Å²) in [7, 11) is 1.49. The number of carbonyl (C=O) groups excluding carboxylic acids is 3. The zero-order valence-corrected chi connectivity index (χ0v) is 20.7. The number of allylic oxidation sites excluding steroid dienone is 1. The number of amides is 1. The molecular formula is C25H27N3O6S. The van der Waals surface area contributed by atoms with Crippen LogP contribution in [0, 0.1) is 0 Å². The third-order valence-electron chi connectivity index (χ3n) is 5.21. The van der Waals surface area contributed by atoms with Gasteiger partial charge in [0.2, 0.25) is 0 Å². The highest BCUT2D eigenvalue weighted by molar-refractivity contribution is 7.80. The summed E-state index contributed by atoms with van der Waals surface area (Å²) in [5.74, 6) is -0.123. The fourth-order valence-corrected chi connectivity index (χ4v) is 3.91. The lowest BCUT2D eigenvalue weighted by atomic mass is 9.93. The molecule has 0 unspecified atom stereocenters. The number of ether oxygens (including phenoxy) is 3. The van der Waals surface area contributed by atoms with E-state index in [-0.39, 0.29) is 24.9 Å². The maximum Gasteiger partial charge on any atom is 0.338 e. The molecular weight excluding hydrogens is 470 g/mol. The zero-order chi connectivity index (χ0) is 25.5. The van der Waals surface area contributed by atoms with Crippen molar-refractivity contribution in [3.8, 4) is 11.5 Å². The summed E-state index contributed by atoms with van der Waals surface area (Å²) in [6, 6.07) is 11.1. The number of methoxy groups -OCH3 is 1. The van der Waals surface area contributed by atoms with Crippen LogP contribution in [-0.2, 0) is 14.3 Å². The molecule has 0 radical (unpaired) electrons.